The average Bonchev–Trinajstić information content (AvgIpc) is 3.76. The molecule has 0 bridgehead atoms. The molecule has 4 heteroatoms. The fourth-order valence-corrected chi connectivity index (χ4v) is 9.72. The lowest BCUT2D eigenvalue weighted by molar-refractivity contribution is 0.353. The maximum atomic E-state index is 9.95. The van der Waals surface area contributed by atoms with Crippen LogP contribution >= 0.6 is 0 Å². The van der Waals surface area contributed by atoms with Crippen molar-refractivity contribution in [1.29, 1.82) is 5.26 Å². The van der Waals surface area contributed by atoms with Gasteiger partial charge in [0, 0.05) is 39.5 Å². The van der Waals surface area contributed by atoms with E-state index in [9.17, 15) is 5.26 Å². The first kappa shape index (κ1) is 31.9. The van der Waals surface area contributed by atoms with Crippen LogP contribution in [0.1, 0.15) is 66.5 Å². The van der Waals surface area contributed by atoms with E-state index in [4.69, 9.17) is 14.4 Å². The van der Waals surface area contributed by atoms with E-state index in [1.807, 2.05) is 6.07 Å². The van der Waals surface area contributed by atoms with Gasteiger partial charge in [-0.25, -0.2) is 9.97 Å². The molecule has 55 heavy (non-hydrogen) atoms. The molecule has 1 saturated carbocycles. The lowest BCUT2D eigenvalue weighted by atomic mass is 9.67. The molecule has 3 aliphatic rings. The van der Waals surface area contributed by atoms with E-state index in [1.54, 1.807) is 0 Å². The van der Waals surface area contributed by atoms with Gasteiger partial charge in [0.1, 0.15) is 11.3 Å². The summed E-state index contributed by atoms with van der Waals surface area (Å²) in [5.74, 6) is 1.71. The SMILES string of the molecule is N#Cc1ccc2c(c1)-c1c(-c3cccc(-c4cc(-c5ccc6ccccc6c5)nc(-c5ccc6c7c(oc6c5)CCC=C7)n4)c3)cccc1C21CCCCC1. The van der Waals surface area contributed by atoms with Gasteiger partial charge >= 0.3 is 0 Å². The Bertz CT molecular complexity index is 2930. The summed E-state index contributed by atoms with van der Waals surface area (Å²) in [5, 5.41) is 13.4. The van der Waals surface area contributed by atoms with Crippen LogP contribution in [0.5, 0.6) is 0 Å². The highest BCUT2D eigenvalue weighted by Gasteiger charge is 2.44. The van der Waals surface area contributed by atoms with Crippen LogP contribution in [-0.2, 0) is 11.8 Å². The van der Waals surface area contributed by atoms with E-state index in [2.05, 4.69) is 140 Å². The molecule has 4 nitrogen and oxygen atoms in total. The van der Waals surface area contributed by atoms with Crippen molar-refractivity contribution in [3.8, 4) is 62.2 Å². The minimum absolute atomic E-state index is 0.00545. The number of allylic oxidation sites excluding steroid dienone is 1. The fraction of sp³-hybridized carbons (Fsp3) is 0.157. The number of nitriles is 1. The van der Waals surface area contributed by atoms with Crippen LogP contribution in [0.2, 0.25) is 0 Å². The topological polar surface area (TPSA) is 62.7 Å². The normalized spacial score (nSPS) is 15.2. The number of benzene rings is 6. The maximum Gasteiger partial charge on any atom is 0.160 e. The molecule has 1 spiro atoms. The largest absolute Gasteiger partial charge is 0.460 e. The van der Waals surface area contributed by atoms with Crippen LogP contribution in [0.4, 0.5) is 0 Å². The van der Waals surface area contributed by atoms with Gasteiger partial charge in [0.2, 0.25) is 0 Å². The molecule has 11 rings (SSSR count). The predicted molar refractivity (Wildman–Crippen MR) is 222 cm³/mol. The monoisotopic (exact) mass is 707 g/mol. The predicted octanol–water partition coefficient (Wildman–Crippen LogP) is 13.1. The van der Waals surface area contributed by atoms with Gasteiger partial charge in [0.05, 0.1) is 23.0 Å². The highest BCUT2D eigenvalue weighted by molar-refractivity contribution is 5.95. The van der Waals surface area contributed by atoms with Crippen LogP contribution < -0.4 is 0 Å². The summed E-state index contributed by atoms with van der Waals surface area (Å²) < 4.78 is 6.39. The number of aryl methyl sites for hydroxylation is 1. The summed E-state index contributed by atoms with van der Waals surface area (Å²) in [4.78, 5) is 10.5. The van der Waals surface area contributed by atoms with E-state index in [0.717, 1.165) is 76.1 Å². The smallest absolute Gasteiger partial charge is 0.160 e. The van der Waals surface area contributed by atoms with Crippen LogP contribution in [0.25, 0.3) is 84.0 Å². The first-order chi connectivity index (χ1) is 27.1. The Morgan fingerprint density at radius 2 is 1.42 bits per heavy atom. The van der Waals surface area contributed by atoms with E-state index < -0.39 is 0 Å². The van der Waals surface area contributed by atoms with E-state index >= 15 is 0 Å². The molecule has 0 aliphatic heterocycles. The molecule has 8 aromatic rings. The van der Waals surface area contributed by atoms with Gasteiger partial charge in [-0.2, -0.15) is 5.26 Å². The molecule has 0 unspecified atom stereocenters. The van der Waals surface area contributed by atoms with Crippen molar-refractivity contribution >= 4 is 27.8 Å². The number of aromatic nitrogens is 2. The first-order valence-corrected chi connectivity index (χ1v) is 19.6. The number of fused-ring (bicyclic) bond motifs is 9. The van der Waals surface area contributed by atoms with Gasteiger partial charge in [-0.3, -0.25) is 0 Å². The first-order valence-electron chi connectivity index (χ1n) is 19.6. The molecule has 0 N–H and O–H groups in total. The Morgan fingerprint density at radius 3 is 2.29 bits per heavy atom. The van der Waals surface area contributed by atoms with Gasteiger partial charge in [0.15, 0.2) is 5.82 Å². The van der Waals surface area contributed by atoms with Gasteiger partial charge < -0.3 is 4.42 Å². The van der Waals surface area contributed by atoms with Gasteiger partial charge in [-0.05, 0) is 106 Å². The molecule has 6 aromatic carbocycles. The maximum absolute atomic E-state index is 9.95. The van der Waals surface area contributed by atoms with Crippen molar-refractivity contribution in [3.63, 3.8) is 0 Å². The molecular formula is C51H37N3O. The summed E-state index contributed by atoms with van der Waals surface area (Å²) in [6, 6.07) is 47.9. The Balaban J connectivity index is 1.08. The summed E-state index contributed by atoms with van der Waals surface area (Å²) >= 11 is 0. The Kier molecular flexibility index (Phi) is 7.25. The lowest BCUT2D eigenvalue weighted by Gasteiger charge is -2.36. The minimum atomic E-state index is 0.00545. The number of hydrogen-bond acceptors (Lipinski definition) is 4. The standard InChI is InChI=1S/C51H37N3O/c52-31-32-18-23-43-42(26-32)49-39(15-9-16-44(49)51(43)24-6-1-7-25-51)35-12-8-13-36(28-35)45-30-46(37-20-19-33-10-2-3-11-34(33)27-37)54-50(53-45)38-21-22-41-40-14-4-5-17-47(40)55-48(41)29-38/h2-4,8-16,18-23,26-30H,1,5-7,17,24-25H2. The van der Waals surface area contributed by atoms with Crippen molar-refractivity contribution < 1.29 is 4.42 Å². The van der Waals surface area contributed by atoms with Crippen molar-refractivity contribution in [3.05, 3.63) is 161 Å². The molecule has 0 radical (unpaired) electrons. The molecular weight excluding hydrogens is 671 g/mol. The zero-order valence-electron chi connectivity index (χ0n) is 30.5. The fourth-order valence-electron chi connectivity index (χ4n) is 9.72. The molecule has 2 aromatic heterocycles. The third-order valence-electron chi connectivity index (χ3n) is 12.3. The molecule has 2 heterocycles. The summed E-state index contributed by atoms with van der Waals surface area (Å²) in [7, 11) is 0. The second-order valence-electron chi connectivity index (χ2n) is 15.4. The third-order valence-corrected chi connectivity index (χ3v) is 12.3. The average molecular weight is 708 g/mol. The van der Waals surface area contributed by atoms with Gasteiger partial charge in [-0.1, -0.05) is 116 Å². The summed E-state index contributed by atoms with van der Waals surface area (Å²) in [5.41, 5.74) is 15.1. The second kappa shape index (κ2) is 12.5. The quantitative estimate of drug-likeness (QED) is 0.183. The number of nitrogens with zero attached hydrogens (tertiary/aromatic N) is 3. The third kappa shape index (κ3) is 5.11. The second-order valence-corrected chi connectivity index (χ2v) is 15.4. The zero-order chi connectivity index (χ0) is 36.5. The van der Waals surface area contributed by atoms with Crippen molar-refractivity contribution in [2.45, 2.75) is 50.4 Å². The van der Waals surface area contributed by atoms with Crippen LogP contribution in [0, 0.1) is 11.3 Å². The van der Waals surface area contributed by atoms with Crippen LogP contribution in [-0.4, -0.2) is 9.97 Å². The molecule has 1 fully saturated rings. The van der Waals surface area contributed by atoms with Gasteiger partial charge in [0.25, 0.3) is 0 Å². The van der Waals surface area contributed by atoms with Crippen molar-refractivity contribution in [2.24, 2.45) is 0 Å². The van der Waals surface area contributed by atoms with E-state index in [-0.39, 0.29) is 5.41 Å². The molecule has 0 atom stereocenters. The Labute approximate surface area is 320 Å². The highest BCUT2D eigenvalue weighted by atomic mass is 16.3. The van der Waals surface area contributed by atoms with Crippen molar-refractivity contribution in [2.75, 3.05) is 0 Å². The van der Waals surface area contributed by atoms with E-state index in [1.165, 1.54) is 63.4 Å². The number of rotatable bonds is 4. The summed E-state index contributed by atoms with van der Waals surface area (Å²) in [6.07, 6.45) is 12.3. The highest BCUT2D eigenvalue weighted by Crippen LogP contribution is 2.58. The summed E-state index contributed by atoms with van der Waals surface area (Å²) in [6.45, 7) is 0. The molecule has 0 amide bonds. The molecule has 3 aliphatic carbocycles. The molecule has 262 valence electrons. The van der Waals surface area contributed by atoms with Crippen LogP contribution in [0.15, 0.2) is 138 Å². The number of furan rings is 1. The van der Waals surface area contributed by atoms with E-state index in [0.29, 0.717) is 11.4 Å². The number of hydrogen-bond donors (Lipinski definition) is 0. The molecule has 0 saturated heterocycles. The minimum Gasteiger partial charge on any atom is -0.460 e. The van der Waals surface area contributed by atoms with Crippen molar-refractivity contribution in [1.82, 2.24) is 9.97 Å². The lowest BCUT2D eigenvalue weighted by Crippen LogP contribution is -2.28. The van der Waals surface area contributed by atoms with Gasteiger partial charge in [-0.15, -0.1) is 0 Å². The Morgan fingerprint density at radius 1 is 0.618 bits per heavy atom. The zero-order valence-corrected chi connectivity index (χ0v) is 30.5. The van der Waals surface area contributed by atoms with Crippen LogP contribution in [0.3, 0.4) is 0 Å². The Hall–Kier alpha value is -6.57.